The van der Waals surface area contributed by atoms with Gasteiger partial charge in [0.25, 0.3) is 0 Å². The van der Waals surface area contributed by atoms with Crippen molar-refractivity contribution in [2.24, 2.45) is 23.2 Å². The van der Waals surface area contributed by atoms with Gasteiger partial charge < -0.3 is 9.84 Å². The van der Waals surface area contributed by atoms with E-state index in [9.17, 15) is 9.90 Å². The minimum absolute atomic E-state index is 0.441. The molecule has 1 saturated heterocycles. The highest BCUT2D eigenvalue weighted by Gasteiger charge is 2.48. The third kappa shape index (κ3) is 1.56. The Morgan fingerprint density at radius 3 is 2.75 bits per heavy atom. The van der Waals surface area contributed by atoms with Gasteiger partial charge in [0.2, 0.25) is 0 Å². The van der Waals surface area contributed by atoms with Crippen LogP contribution in [0.15, 0.2) is 0 Å². The van der Waals surface area contributed by atoms with E-state index in [1.807, 2.05) is 0 Å². The summed E-state index contributed by atoms with van der Waals surface area (Å²) in [5.41, 5.74) is -0.546. The van der Waals surface area contributed by atoms with Crippen LogP contribution in [0.4, 0.5) is 0 Å². The van der Waals surface area contributed by atoms with E-state index in [0.717, 1.165) is 24.7 Å². The van der Waals surface area contributed by atoms with Gasteiger partial charge in [-0.1, -0.05) is 6.42 Å². The van der Waals surface area contributed by atoms with Crippen LogP contribution in [0.25, 0.3) is 0 Å². The first-order valence-electron chi connectivity index (χ1n) is 6.51. The van der Waals surface area contributed by atoms with Crippen LogP contribution in [-0.4, -0.2) is 24.3 Å². The van der Waals surface area contributed by atoms with Crippen molar-refractivity contribution in [3.8, 4) is 0 Å². The molecule has 3 rings (SSSR count). The summed E-state index contributed by atoms with van der Waals surface area (Å²) in [5.74, 6) is 1.76. The molecule has 90 valence electrons. The Kier molecular flexibility index (Phi) is 2.46. The third-order valence-electron chi connectivity index (χ3n) is 5.09. The Morgan fingerprint density at radius 1 is 1.38 bits per heavy atom. The lowest BCUT2D eigenvalue weighted by molar-refractivity contribution is -0.150. The molecule has 3 nitrogen and oxygen atoms in total. The maximum atomic E-state index is 11.4. The predicted octanol–water partition coefficient (Wildman–Crippen LogP) is 2.30. The smallest absolute Gasteiger partial charge is 0.312 e. The summed E-state index contributed by atoms with van der Waals surface area (Å²) in [5, 5.41) is 9.41. The van der Waals surface area contributed by atoms with Gasteiger partial charge in [-0.15, -0.1) is 0 Å². The van der Waals surface area contributed by atoms with E-state index < -0.39 is 11.4 Å². The zero-order chi connectivity index (χ0) is 11.2. The quantitative estimate of drug-likeness (QED) is 0.800. The predicted molar refractivity (Wildman–Crippen MR) is 59.1 cm³/mol. The van der Waals surface area contributed by atoms with Gasteiger partial charge >= 0.3 is 5.97 Å². The number of rotatable bonds is 3. The fourth-order valence-electron chi connectivity index (χ4n) is 4.15. The molecule has 3 heteroatoms. The fraction of sp³-hybridized carbons (Fsp3) is 0.923. The minimum atomic E-state index is -0.632. The van der Waals surface area contributed by atoms with Crippen molar-refractivity contribution < 1.29 is 14.6 Å². The topological polar surface area (TPSA) is 46.5 Å². The van der Waals surface area contributed by atoms with Crippen LogP contribution in [0.3, 0.4) is 0 Å². The molecule has 0 radical (unpaired) electrons. The van der Waals surface area contributed by atoms with Gasteiger partial charge in [0.15, 0.2) is 0 Å². The molecule has 0 aromatic carbocycles. The van der Waals surface area contributed by atoms with Gasteiger partial charge in [0.05, 0.1) is 12.0 Å². The zero-order valence-electron chi connectivity index (χ0n) is 9.65. The highest BCUT2D eigenvalue weighted by Crippen LogP contribution is 2.53. The molecular formula is C13H20O3. The van der Waals surface area contributed by atoms with Gasteiger partial charge in [-0.2, -0.15) is 0 Å². The largest absolute Gasteiger partial charge is 0.481 e. The Hall–Kier alpha value is -0.570. The molecule has 0 aromatic rings. The number of ether oxygens (including phenoxy) is 1. The normalized spacial score (nSPS) is 46.4. The third-order valence-corrected chi connectivity index (χ3v) is 5.09. The molecule has 1 N–H and O–H groups in total. The Bertz CT molecular complexity index is 294. The SMILES string of the molecule is O=C(O)C1(CC2CC3CCC2C3)CCOC1. The standard InChI is InChI=1S/C13H20O3/c14-12(15)13(3-4-16-8-13)7-11-6-9-1-2-10(11)5-9/h9-11H,1-8H2,(H,14,15). The molecule has 0 spiro atoms. The number of aliphatic carboxylic acids is 1. The van der Waals surface area contributed by atoms with E-state index in [0.29, 0.717) is 19.1 Å². The zero-order valence-corrected chi connectivity index (χ0v) is 9.65. The number of fused-ring (bicyclic) bond motifs is 2. The average molecular weight is 224 g/mol. The monoisotopic (exact) mass is 224 g/mol. The van der Waals surface area contributed by atoms with Crippen molar-refractivity contribution in [1.82, 2.24) is 0 Å². The van der Waals surface area contributed by atoms with Crippen LogP contribution < -0.4 is 0 Å². The number of hydrogen-bond donors (Lipinski definition) is 1. The summed E-state index contributed by atoms with van der Waals surface area (Å²) >= 11 is 0. The van der Waals surface area contributed by atoms with E-state index >= 15 is 0 Å². The maximum absolute atomic E-state index is 11.4. The van der Waals surface area contributed by atoms with Crippen molar-refractivity contribution in [2.75, 3.05) is 13.2 Å². The van der Waals surface area contributed by atoms with Crippen molar-refractivity contribution in [1.29, 1.82) is 0 Å². The first-order valence-corrected chi connectivity index (χ1v) is 6.51. The molecule has 4 atom stereocenters. The average Bonchev–Trinajstić information content (AvgIpc) is 2.92. The molecule has 2 aliphatic carbocycles. The summed E-state index contributed by atoms with van der Waals surface area (Å²) in [7, 11) is 0. The Balaban J connectivity index is 1.70. The second-order valence-corrected chi connectivity index (χ2v) is 6.03. The van der Waals surface area contributed by atoms with E-state index in [2.05, 4.69) is 0 Å². The first-order chi connectivity index (χ1) is 7.70. The summed E-state index contributed by atoms with van der Waals surface area (Å²) in [6, 6.07) is 0. The van der Waals surface area contributed by atoms with Crippen molar-refractivity contribution >= 4 is 5.97 Å². The Morgan fingerprint density at radius 2 is 2.25 bits per heavy atom. The number of carbonyl (C=O) groups is 1. The van der Waals surface area contributed by atoms with E-state index in [1.54, 1.807) is 0 Å². The number of carboxylic acids is 1. The van der Waals surface area contributed by atoms with Crippen LogP contribution in [-0.2, 0) is 9.53 Å². The van der Waals surface area contributed by atoms with Crippen molar-refractivity contribution in [2.45, 2.75) is 38.5 Å². The highest BCUT2D eigenvalue weighted by atomic mass is 16.5. The summed E-state index contributed by atoms with van der Waals surface area (Å²) in [4.78, 5) is 11.4. The molecule has 0 amide bonds. The molecule has 2 bridgehead atoms. The molecular weight excluding hydrogens is 204 g/mol. The second-order valence-electron chi connectivity index (χ2n) is 6.03. The lowest BCUT2D eigenvalue weighted by Gasteiger charge is -2.30. The van der Waals surface area contributed by atoms with Crippen molar-refractivity contribution in [3.05, 3.63) is 0 Å². The molecule has 1 aliphatic heterocycles. The highest BCUT2D eigenvalue weighted by molar-refractivity contribution is 5.75. The second kappa shape index (κ2) is 3.73. The van der Waals surface area contributed by atoms with E-state index in [4.69, 9.17) is 4.74 Å². The molecule has 16 heavy (non-hydrogen) atoms. The van der Waals surface area contributed by atoms with Crippen LogP contribution in [0, 0.1) is 23.2 Å². The Labute approximate surface area is 96.2 Å². The van der Waals surface area contributed by atoms with Gasteiger partial charge in [0.1, 0.15) is 0 Å². The van der Waals surface area contributed by atoms with Crippen LogP contribution in [0.2, 0.25) is 0 Å². The molecule has 3 aliphatic rings. The fourth-order valence-corrected chi connectivity index (χ4v) is 4.15. The van der Waals surface area contributed by atoms with Crippen LogP contribution in [0.5, 0.6) is 0 Å². The minimum Gasteiger partial charge on any atom is -0.481 e. The van der Waals surface area contributed by atoms with Gasteiger partial charge in [-0.05, 0) is 49.9 Å². The maximum Gasteiger partial charge on any atom is 0.312 e. The lowest BCUT2D eigenvalue weighted by atomic mass is 9.73. The molecule has 2 saturated carbocycles. The van der Waals surface area contributed by atoms with Crippen LogP contribution in [0.1, 0.15) is 38.5 Å². The summed E-state index contributed by atoms with van der Waals surface area (Å²) < 4.78 is 5.33. The van der Waals surface area contributed by atoms with Crippen molar-refractivity contribution in [3.63, 3.8) is 0 Å². The lowest BCUT2D eigenvalue weighted by Crippen LogP contribution is -2.35. The summed E-state index contributed by atoms with van der Waals surface area (Å²) in [6.07, 6.45) is 6.95. The first kappa shape index (κ1) is 10.6. The summed E-state index contributed by atoms with van der Waals surface area (Å²) in [6.45, 7) is 1.07. The molecule has 1 heterocycles. The number of hydrogen-bond acceptors (Lipinski definition) is 2. The molecule has 4 unspecified atom stereocenters. The van der Waals surface area contributed by atoms with Gasteiger partial charge in [-0.3, -0.25) is 4.79 Å². The molecule has 3 fully saturated rings. The van der Waals surface area contributed by atoms with E-state index in [1.165, 1.54) is 25.7 Å². The van der Waals surface area contributed by atoms with E-state index in [-0.39, 0.29) is 0 Å². The number of carboxylic acid groups (broad SMARTS) is 1. The van der Waals surface area contributed by atoms with Gasteiger partial charge in [0, 0.05) is 6.61 Å². The molecule has 0 aromatic heterocycles. The van der Waals surface area contributed by atoms with Gasteiger partial charge in [-0.25, -0.2) is 0 Å². The van der Waals surface area contributed by atoms with Crippen LogP contribution >= 0.6 is 0 Å².